The SMILES string of the molecule is C#CCN(C)[C@H](COS(C)(=O)=O)CC1=CC=CC(C)C1. The molecule has 5 heteroatoms. The predicted octanol–water partition coefficient (Wildman–Crippen LogP) is 1.81. The van der Waals surface area contributed by atoms with E-state index in [0.717, 1.165) is 19.1 Å². The average molecular weight is 297 g/mol. The highest BCUT2D eigenvalue weighted by Crippen LogP contribution is 2.23. The van der Waals surface area contributed by atoms with Crippen molar-refractivity contribution in [3.05, 3.63) is 23.8 Å². The molecule has 0 aromatic carbocycles. The second-order valence-electron chi connectivity index (χ2n) is 5.36. The minimum absolute atomic E-state index is 0.0364. The third-order valence-corrected chi connectivity index (χ3v) is 3.86. The minimum Gasteiger partial charge on any atom is -0.290 e. The summed E-state index contributed by atoms with van der Waals surface area (Å²) in [6, 6.07) is -0.0364. The molecule has 0 radical (unpaired) electrons. The predicted molar refractivity (Wildman–Crippen MR) is 81.7 cm³/mol. The summed E-state index contributed by atoms with van der Waals surface area (Å²) in [5, 5.41) is 0. The van der Waals surface area contributed by atoms with Crippen molar-refractivity contribution in [1.82, 2.24) is 4.90 Å². The lowest BCUT2D eigenvalue weighted by atomic mass is 9.91. The number of rotatable bonds is 7. The first kappa shape index (κ1) is 17.0. The average Bonchev–Trinajstić information content (AvgIpc) is 2.33. The number of hydrogen-bond acceptors (Lipinski definition) is 4. The Kier molecular flexibility index (Phi) is 6.47. The van der Waals surface area contributed by atoms with Gasteiger partial charge in [-0.05, 0) is 25.8 Å². The highest BCUT2D eigenvalue weighted by molar-refractivity contribution is 7.85. The van der Waals surface area contributed by atoms with E-state index in [0.29, 0.717) is 12.5 Å². The first-order valence-corrected chi connectivity index (χ1v) is 8.48. The maximum Gasteiger partial charge on any atom is 0.264 e. The highest BCUT2D eigenvalue weighted by Gasteiger charge is 2.20. The molecule has 20 heavy (non-hydrogen) atoms. The van der Waals surface area contributed by atoms with Gasteiger partial charge in [0.2, 0.25) is 0 Å². The summed E-state index contributed by atoms with van der Waals surface area (Å²) in [6.07, 6.45) is 14.5. The molecule has 1 aliphatic rings. The standard InChI is InChI=1S/C15H23NO3S/c1-5-9-16(3)15(12-19-20(4,17)18)11-14-8-6-7-13(2)10-14/h1,6-8,13,15H,9-12H2,2-4H3/t13?,15-/m0/s1. The van der Waals surface area contributed by atoms with Gasteiger partial charge in [-0.15, -0.1) is 6.42 Å². The summed E-state index contributed by atoms with van der Waals surface area (Å²) in [5.41, 5.74) is 1.30. The van der Waals surface area contributed by atoms with Crippen molar-refractivity contribution in [3.8, 4) is 12.3 Å². The molecule has 0 bridgehead atoms. The fraction of sp³-hybridized carbons (Fsp3) is 0.600. The van der Waals surface area contributed by atoms with Gasteiger partial charge in [-0.3, -0.25) is 9.08 Å². The van der Waals surface area contributed by atoms with Crippen LogP contribution in [0, 0.1) is 18.3 Å². The molecule has 0 heterocycles. The Hall–Kier alpha value is -1.09. The summed E-state index contributed by atoms with van der Waals surface area (Å²) >= 11 is 0. The van der Waals surface area contributed by atoms with Crippen LogP contribution in [-0.4, -0.2) is 45.8 Å². The first-order valence-electron chi connectivity index (χ1n) is 6.66. The lowest BCUT2D eigenvalue weighted by Gasteiger charge is -2.28. The summed E-state index contributed by atoms with van der Waals surface area (Å²) in [6.45, 7) is 2.76. The van der Waals surface area contributed by atoms with Gasteiger partial charge in [0.05, 0.1) is 19.4 Å². The molecular formula is C15H23NO3S. The summed E-state index contributed by atoms with van der Waals surface area (Å²) in [4.78, 5) is 1.95. The Bertz CT molecular complexity index is 514. The van der Waals surface area contributed by atoms with Crippen molar-refractivity contribution >= 4 is 10.1 Å². The first-order chi connectivity index (χ1) is 9.31. The molecule has 0 fully saturated rings. The zero-order chi connectivity index (χ0) is 15.2. The van der Waals surface area contributed by atoms with Crippen molar-refractivity contribution in [2.45, 2.75) is 25.8 Å². The van der Waals surface area contributed by atoms with Gasteiger partial charge in [0.15, 0.2) is 0 Å². The van der Waals surface area contributed by atoms with Crippen LogP contribution in [0.5, 0.6) is 0 Å². The van der Waals surface area contributed by atoms with Crippen molar-refractivity contribution < 1.29 is 12.6 Å². The van der Waals surface area contributed by atoms with Crippen molar-refractivity contribution in [2.75, 3.05) is 26.5 Å². The van der Waals surface area contributed by atoms with E-state index < -0.39 is 10.1 Å². The van der Waals surface area contributed by atoms with Gasteiger partial charge in [0.1, 0.15) is 0 Å². The van der Waals surface area contributed by atoms with E-state index in [1.807, 2.05) is 11.9 Å². The van der Waals surface area contributed by atoms with Crippen LogP contribution in [0.15, 0.2) is 23.8 Å². The van der Waals surface area contributed by atoms with Gasteiger partial charge < -0.3 is 0 Å². The van der Waals surface area contributed by atoms with Gasteiger partial charge in [0, 0.05) is 6.04 Å². The van der Waals surface area contributed by atoms with Gasteiger partial charge in [0.25, 0.3) is 10.1 Å². The molecule has 4 nitrogen and oxygen atoms in total. The van der Waals surface area contributed by atoms with Crippen molar-refractivity contribution in [1.29, 1.82) is 0 Å². The quantitative estimate of drug-likeness (QED) is 0.531. The van der Waals surface area contributed by atoms with Crippen LogP contribution in [0.2, 0.25) is 0 Å². The third kappa shape index (κ3) is 6.38. The Labute approximate surface area is 122 Å². The minimum atomic E-state index is -3.43. The number of hydrogen-bond donors (Lipinski definition) is 0. The van der Waals surface area contributed by atoms with E-state index in [9.17, 15) is 8.42 Å². The molecule has 0 amide bonds. The molecular weight excluding hydrogens is 274 g/mol. The van der Waals surface area contributed by atoms with Crippen LogP contribution in [0.1, 0.15) is 19.8 Å². The number of likely N-dealkylation sites (N-methyl/N-ethyl adjacent to an activating group) is 1. The lowest BCUT2D eigenvalue weighted by molar-refractivity contribution is 0.177. The molecule has 0 aliphatic heterocycles. The van der Waals surface area contributed by atoms with E-state index in [4.69, 9.17) is 10.6 Å². The van der Waals surface area contributed by atoms with Crippen molar-refractivity contribution in [2.24, 2.45) is 5.92 Å². The van der Waals surface area contributed by atoms with Crippen LogP contribution in [0.4, 0.5) is 0 Å². The Morgan fingerprint density at radius 1 is 1.60 bits per heavy atom. The lowest BCUT2D eigenvalue weighted by Crippen LogP contribution is -2.37. The van der Waals surface area contributed by atoms with Crippen LogP contribution in [0.3, 0.4) is 0 Å². The fourth-order valence-corrected chi connectivity index (χ4v) is 2.61. The molecule has 0 aromatic rings. The van der Waals surface area contributed by atoms with Crippen LogP contribution in [0.25, 0.3) is 0 Å². The zero-order valence-electron chi connectivity index (χ0n) is 12.4. The number of nitrogens with zero attached hydrogens (tertiary/aromatic N) is 1. The van der Waals surface area contributed by atoms with Gasteiger partial charge >= 0.3 is 0 Å². The van der Waals surface area contributed by atoms with Gasteiger partial charge in [-0.1, -0.05) is 36.6 Å². The van der Waals surface area contributed by atoms with Crippen LogP contribution < -0.4 is 0 Å². The Morgan fingerprint density at radius 2 is 2.30 bits per heavy atom. The number of terminal acetylenes is 1. The molecule has 0 spiro atoms. The van der Waals surface area contributed by atoms with E-state index in [2.05, 4.69) is 31.1 Å². The highest BCUT2D eigenvalue weighted by atomic mass is 32.2. The van der Waals surface area contributed by atoms with Crippen LogP contribution >= 0.6 is 0 Å². The van der Waals surface area contributed by atoms with E-state index in [1.54, 1.807) is 0 Å². The molecule has 1 rings (SSSR count). The summed E-state index contributed by atoms with van der Waals surface area (Å²) in [5.74, 6) is 3.10. The van der Waals surface area contributed by atoms with E-state index in [1.165, 1.54) is 5.57 Å². The maximum absolute atomic E-state index is 11.2. The molecule has 2 atom stereocenters. The fourth-order valence-electron chi connectivity index (χ4n) is 2.20. The molecule has 0 saturated heterocycles. The molecule has 0 aromatic heterocycles. The van der Waals surface area contributed by atoms with E-state index >= 15 is 0 Å². The summed E-state index contributed by atoms with van der Waals surface area (Å²) < 4.78 is 27.3. The molecule has 1 unspecified atom stereocenters. The zero-order valence-corrected chi connectivity index (χ0v) is 13.2. The van der Waals surface area contributed by atoms with Crippen molar-refractivity contribution in [3.63, 3.8) is 0 Å². The van der Waals surface area contributed by atoms with Gasteiger partial charge in [-0.2, -0.15) is 8.42 Å². The topological polar surface area (TPSA) is 46.6 Å². The second kappa shape index (κ2) is 7.63. The number of allylic oxidation sites excluding steroid dienone is 3. The largest absolute Gasteiger partial charge is 0.290 e. The molecule has 112 valence electrons. The molecule has 1 aliphatic carbocycles. The molecule has 0 N–H and O–H groups in total. The molecule has 0 saturated carbocycles. The second-order valence-corrected chi connectivity index (χ2v) is 7.00. The van der Waals surface area contributed by atoms with Gasteiger partial charge in [-0.25, -0.2) is 0 Å². The van der Waals surface area contributed by atoms with Crippen LogP contribution in [-0.2, 0) is 14.3 Å². The monoisotopic (exact) mass is 297 g/mol. The Morgan fingerprint density at radius 3 is 2.85 bits per heavy atom. The third-order valence-electron chi connectivity index (χ3n) is 3.29. The summed E-state index contributed by atoms with van der Waals surface area (Å²) in [7, 11) is -1.54. The maximum atomic E-state index is 11.2. The smallest absolute Gasteiger partial charge is 0.264 e. The van der Waals surface area contributed by atoms with E-state index in [-0.39, 0.29) is 12.6 Å². The normalized spacial score (nSPS) is 20.6. The Balaban J connectivity index is 2.70.